The maximum Gasteiger partial charge on any atom is 0.534 e. The van der Waals surface area contributed by atoms with Gasteiger partial charge in [-0.05, 0) is 86.9 Å². The highest BCUT2D eigenvalue weighted by Gasteiger charge is 2.49. The van der Waals surface area contributed by atoms with Crippen LogP contribution in [-0.4, -0.2) is 49.2 Å². The predicted octanol–water partition coefficient (Wildman–Crippen LogP) is 6.57. The van der Waals surface area contributed by atoms with E-state index in [1.165, 1.54) is 13.2 Å². The van der Waals surface area contributed by atoms with Crippen LogP contribution in [0.4, 0.5) is 22.4 Å². The Morgan fingerprint density at radius 1 is 0.977 bits per heavy atom. The first-order valence-corrected chi connectivity index (χ1v) is 15.0. The van der Waals surface area contributed by atoms with Crippen molar-refractivity contribution >= 4 is 16.2 Å². The van der Waals surface area contributed by atoms with Crippen LogP contribution >= 0.6 is 0 Å². The molecule has 0 atom stereocenters. The first-order chi connectivity index (χ1) is 20.1. The summed E-state index contributed by atoms with van der Waals surface area (Å²) < 4.78 is 94.3. The zero-order valence-corrected chi connectivity index (χ0v) is 24.8. The number of carbonyl (C=O) groups is 1. The van der Waals surface area contributed by atoms with Crippen molar-refractivity contribution in [2.45, 2.75) is 64.1 Å². The summed E-state index contributed by atoms with van der Waals surface area (Å²) in [6.07, 6.45) is 1.64. The third kappa shape index (κ3) is 6.13. The fourth-order valence-corrected chi connectivity index (χ4v) is 5.84. The van der Waals surface area contributed by atoms with Gasteiger partial charge in [0.05, 0.1) is 18.4 Å². The zero-order valence-electron chi connectivity index (χ0n) is 24.0. The second-order valence-corrected chi connectivity index (χ2v) is 13.0. The molecule has 2 heterocycles. The van der Waals surface area contributed by atoms with Crippen LogP contribution in [0, 0.1) is 5.82 Å². The Hall–Kier alpha value is -3.87. The molecule has 1 aromatic heterocycles. The smallest absolute Gasteiger partial charge is 0.496 e. The van der Waals surface area contributed by atoms with Crippen LogP contribution in [0.5, 0.6) is 11.6 Å². The number of pyridine rings is 1. The molecule has 5 rings (SSSR count). The maximum absolute atomic E-state index is 14.0. The number of benzene rings is 2. The Bertz CT molecular complexity index is 1700. The molecule has 2 aromatic carbocycles. The van der Waals surface area contributed by atoms with Gasteiger partial charge in [0.15, 0.2) is 0 Å². The summed E-state index contributed by atoms with van der Waals surface area (Å²) in [5.74, 6) is -1.43. The molecule has 0 bridgehead atoms. The number of rotatable bonds is 5. The van der Waals surface area contributed by atoms with Gasteiger partial charge in [-0.3, -0.25) is 0 Å². The molecular formula is C30H30F4N2O6S. The lowest BCUT2D eigenvalue weighted by molar-refractivity contribution is -0.0501. The Balaban J connectivity index is 1.62. The molecule has 0 unspecified atom stereocenters. The van der Waals surface area contributed by atoms with Gasteiger partial charge in [-0.15, -0.1) is 0 Å². The molecule has 0 fully saturated rings. The monoisotopic (exact) mass is 622 g/mol. The van der Waals surface area contributed by atoms with Gasteiger partial charge in [-0.2, -0.15) is 21.6 Å². The van der Waals surface area contributed by atoms with Crippen LogP contribution in [0.2, 0.25) is 0 Å². The van der Waals surface area contributed by atoms with E-state index in [2.05, 4.69) is 4.98 Å². The topological polar surface area (TPSA) is 95.0 Å². The van der Waals surface area contributed by atoms with Crippen molar-refractivity contribution in [3.05, 3.63) is 64.5 Å². The lowest BCUT2D eigenvalue weighted by Crippen LogP contribution is -2.39. The number of fused-ring (bicyclic) bond motifs is 2. The SMILES string of the molecule is COc1cc(F)ccc1-c1c(OS(=O)(=O)C(F)(F)F)nc(-c2ccc3c(c2)CCN(C(=O)OC(C)(C)C)C3)c2c1CCC2. The van der Waals surface area contributed by atoms with Crippen LogP contribution in [0.1, 0.15) is 49.4 Å². The average Bonchev–Trinajstić information content (AvgIpc) is 3.40. The van der Waals surface area contributed by atoms with E-state index in [1.807, 2.05) is 12.1 Å². The number of nitrogens with zero attached hydrogens (tertiary/aromatic N) is 2. The van der Waals surface area contributed by atoms with Gasteiger partial charge in [-0.25, -0.2) is 14.2 Å². The van der Waals surface area contributed by atoms with E-state index in [-0.39, 0.29) is 16.9 Å². The highest BCUT2D eigenvalue weighted by Crippen LogP contribution is 2.46. The second-order valence-electron chi connectivity index (χ2n) is 11.4. The van der Waals surface area contributed by atoms with E-state index in [0.29, 0.717) is 55.6 Å². The van der Waals surface area contributed by atoms with Gasteiger partial charge in [0.2, 0.25) is 5.88 Å². The standard InChI is InChI=1S/C30H30F4N2O6S/c1-29(2,3)41-28(37)36-13-12-17-14-18(8-9-19(17)16-36)26-22-7-5-6-21(22)25(23-11-10-20(31)15-24(23)40-4)27(35-26)42-43(38,39)30(32,33)34/h8-11,14-15H,5-7,12-13,16H2,1-4H3. The first kappa shape index (κ1) is 30.6. The number of hydrogen-bond acceptors (Lipinski definition) is 7. The predicted molar refractivity (Wildman–Crippen MR) is 150 cm³/mol. The molecule has 1 aliphatic carbocycles. The van der Waals surface area contributed by atoms with Crippen molar-refractivity contribution < 1.29 is 44.4 Å². The third-order valence-electron chi connectivity index (χ3n) is 7.28. The van der Waals surface area contributed by atoms with Gasteiger partial charge in [-0.1, -0.05) is 12.1 Å². The lowest BCUT2D eigenvalue weighted by Gasteiger charge is -2.31. The maximum atomic E-state index is 14.0. The van der Waals surface area contributed by atoms with E-state index >= 15 is 0 Å². The number of halogens is 4. The minimum atomic E-state index is -6.09. The summed E-state index contributed by atoms with van der Waals surface area (Å²) in [5.41, 5.74) is -2.26. The number of alkyl halides is 3. The van der Waals surface area contributed by atoms with Crippen molar-refractivity contribution in [3.8, 4) is 34.0 Å². The van der Waals surface area contributed by atoms with Crippen molar-refractivity contribution in [1.82, 2.24) is 9.88 Å². The van der Waals surface area contributed by atoms with E-state index < -0.39 is 39.0 Å². The molecule has 0 radical (unpaired) electrons. The average molecular weight is 623 g/mol. The molecule has 13 heteroatoms. The van der Waals surface area contributed by atoms with Crippen molar-refractivity contribution in [2.24, 2.45) is 0 Å². The molecule has 3 aromatic rings. The quantitative estimate of drug-likeness (QED) is 0.180. The van der Waals surface area contributed by atoms with Gasteiger partial charge < -0.3 is 18.6 Å². The van der Waals surface area contributed by atoms with Crippen LogP contribution in [0.15, 0.2) is 36.4 Å². The Morgan fingerprint density at radius 2 is 1.70 bits per heavy atom. The number of ether oxygens (including phenoxy) is 2. The lowest BCUT2D eigenvalue weighted by atomic mass is 9.92. The highest BCUT2D eigenvalue weighted by molar-refractivity contribution is 7.88. The highest BCUT2D eigenvalue weighted by atomic mass is 32.2. The normalized spacial score (nSPS) is 15.1. The largest absolute Gasteiger partial charge is 0.534 e. The summed E-state index contributed by atoms with van der Waals surface area (Å²) >= 11 is 0. The van der Waals surface area contributed by atoms with Crippen LogP contribution in [0.25, 0.3) is 22.4 Å². The van der Waals surface area contributed by atoms with Crippen LogP contribution in [-0.2, 0) is 40.7 Å². The first-order valence-electron chi connectivity index (χ1n) is 13.6. The van der Waals surface area contributed by atoms with E-state index in [0.717, 1.165) is 28.8 Å². The molecule has 1 aliphatic heterocycles. The number of carbonyl (C=O) groups excluding carboxylic acids is 1. The minimum Gasteiger partial charge on any atom is -0.496 e. The molecule has 0 N–H and O–H groups in total. The molecule has 0 saturated heterocycles. The molecule has 43 heavy (non-hydrogen) atoms. The van der Waals surface area contributed by atoms with Crippen molar-refractivity contribution in [1.29, 1.82) is 0 Å². The third-order valence-corrected chi connectivity index (χ3v) is 8.23. The van der Waals surface area contributed by atoms with Crippen LogP contribution < -0.4 is 8.92 Å². The summed E-state index contributed by atoms with van der Waals surface area (Å²) in [5, 5.41) is 0. The zero-order chi connectivity index (χ0) is 31.3. The molecule has 0 saturated carbocycles. The fourth-order valence-electron chi connectivity index (χ4n) is 5.42. The molecule has 8 nitrogen and oxygen atoms in total. The fraction of sp³-hybridized carbons (Fsp3) is 0.400. The minimum absolute atomic E-state index is 0.00638. The molecular weight excluding hydrogens is 592 g/mol. The second kappa shape index (κ2) is 11.0. The van der Waals surface area contributed by atoms with Gasteiger partial charge in [0.1, 0.15) is 17.2 Å². The summed E-state index contributed by atoms with van der Waals surface area (Å²) in [7, 11) is -4.83. The molecule has 0 spiro atoms. The summed E-state index contributed by atoms with van der Waals surface area (Å²) in [6.45, 7) is 6.08. The Morgan fingerprint density at radius 3 is 2.37 bits per heavy atom. The molecule has 230 valence electrons. The molecule has 2 aliphatic rings. The number of methoxy groups -OCH3 is 1. The van der Waals surface area contributed by atoms with Gasteiger partial charge in [0, 0.05) is 30.3 Å². The summed E-state index contributed by atoms with van der Waals surface area (Å²) in [6, 6.07) is 8.84. The Kier molecular flexibility index (Phi) is 7.82. The van der Waals surface area contributed by atoms with Gasteiger partial charge in [0.25, 0.3) is 0 Å². The van der Waals surface area contributed by atoms with Crippen molar-refractivity contribution in [2.75, 3.05) is 13.7 Å². The van der Waals surface area contributed by atoms with E-state index in [4.69, 9.17) is 13.7 Å². The van der Waals surface area contributed by atoms with Crippen molar-refractivity contribution in [3.63, 3.8) is 0 Å². The van der Waals surface area contributed by atoms with E-state index in [9.17, 15) is 30.8 Å². The number of amides is 1. The summed E-state index contributed by atoms with van der Waals surface area (Å²) in [4.78, 5) is 18.6. The number of hydrogen-bond donors (Lipinski definition) is 0. The number of aromatic nitrogens is 1. The molecule has 1 amide bonds. The Labute approximate surface area is 246 Å². The van der Waals surface area contributed by atoms with E-state index in [1.54, 1.807) is 31.7 Å². The van der Waals surface area contributed by atoms with Crippen LogP contribution in [0.3, 0.4) is 0 Å². The van der Waals surface area contributed by atoms with Gasteiger partial charge >= 0.3 is 21.7 Å².